The number of carbonyl (C=O) groups is 3. The highest BCUT2D eigenvalue weighted by Gasteiger charge is 2.68. The van der Waals surface area contributed by atoms with Gasteiger partial charge in [0.1, 0.15) is 11.3 Å². The van der Waals surface area contributed by atoms with Crippen LogP contribution in [0.1, 0.15) is 83.1 Å². The molecule has 1 aromatic carbocycles. The fraction of sp³-hybridized carbons (Fsp3) is 0.700. The minimum absolute atomic E-state index is 0.0337. The standard InChI is InChI=1S/C30H41BF3NO8/c1-27(2,3)26(38)41-16-40-25(37)19-10-8-9-17(24(19)39-7)13-22(35-23(36)11-12-30(32,33)34)31-42-21-15-18-14-20(28(18,4)5)29(21,6)43-31/h8-10,18,20-22H,11-16H2,1-7H3,(H,35,36). The summed E-state index contributed by atoms with van der Waals surface area (Å²) in [5, 5.41) is 2.70. The van der Waals surface area contributed by atoms with Gasteiger partial charge in [-0.3, -0.25) is 9.59 Å². The zero-order valence-electron chi connectivity index (χ0n) is 25.8. The van der Waals surface area contributed by atoms with Crippen LogP contribution >= 0.6 is 0 Å². The Bertz CT molecular complexity index is 1230. The van der Waals surface area contributed by atoms with E-state index >= 15 is 0 Å². The number of halogens is 3. The normalized spacial score (nSPS) is 26.6. The molecule has 4 aliphatic rings. The van der Waals surface area contributed by atoms with Crippen LogP contribution in [-0.4, -0.2) is 62.7 Å². The topological polar surface area (TPSA) is 109 Å². The van der Waals surface area contributed by atoms with E-state index in [0.29, 0.717) is 11.5 Å². The van der Waals surface area contributed by atoms with Crippen molar-refractivity contribution in [3.8, 4) is 5.75 Å². The van der Waals surface area contributed by atoms with Crippen LogP contribution in [0.3, 0.4) is 0 Å². The summed E-state index contributed by atoms with van der Waals surface area (Å²) in [6, 6.07) is 4.74. The van der Waals surface area contributed by atoms with Crippen molar-refractivity contribution >= 4 is 25.0 Å². The van der Waals surface area contributed by atoms with Gasteiger partial charge < -0.3 is 28.8 Å². The lowest BCUT2D eigenvalue weighted by molar-refractivity contribution is -0.199. The number of amides is 1. The van der Waals surface area contributed by atoms with Crippen molar-refractivity contribution in [2.45, 2.75) is 97.5 Å². The number of para-hydroxylation sites is 1. The molecule has 1 saturated heterocycles. The molecule has 5 unspecified atom stereocenters. The van der Waals surface area contributed by atoms with Gasteiger partial charge in [-0.25, -0.2) is 4.79 Å². The van der Waals surface area contributed by atoms with E-state index in [1.54, 1.807) is 32.9 Å². The third-order valence-corrected chi connectivity index (χ3v) is 9.23. The van der Waals surface area contributed by atoms with Crippen molar-refractivity contribution in [1.82, 2.24) is 5.32 Å². The summed E-state index contributed by atoms with van der Waals surface area (Å²) < 4.78 is 67.2. The van der Waals surface area contributed by atoms with Crippen molar-refractivity contribution in [3.63, 3.8) is 0 Å². The lowest BCUT2D eigenvalue weighted by Gasteiger charge is -2.64. The van der Waals surface area contributed by atoms with Gasteiger partial charge in [0.25, 0.3) is 0 Å². The van der Waals surface area contributed by atoms with Crippen LogP contribution in [0.25, 0.3) is 0 Å². The van der Waals surface area contributed by atoms with Crippen molar-refractivity contribution < 1.29 is 51.1 Å². The molecule has 5 atom stereocenters. The molecule has 9 nitrogen and oxygen atoms in total. The average molecular weight is 611 g/mol. The summed E-state index contributed by atoms with van der Waals surface area (Å²) in [6.45, 7) is 10.8. The van der Waals surface area contributed by atoms with E-state index in [1.807, 2.05) is 6.92 Å². The molecule has 1 aromatic rings. The maximum Gasteiger partial charge on any atom is 0.482 e. The molecule has 1 amide bonds. The SMILES string of the molecule is COc1c(CC(NC(=O)CCC(F)(F)F)B2OC3CC4CC(C4(C)C)C3(C)O2)cccc1C(=O)OCOC(=O)C(C)(C)C. The van der Waals surface area contributed by atoms with Crippen LogP contribution in [0, 0.1) is 22.7 Å². The Kier molecular flexibility index (Phi) is 9.20. The van der Waals surface area contributed by atoms with Crippen molar-refractivity contribution in [1.29, 1.82) is 0 Å². The third-order valence-electron chi connectivity index (χ3n) is 9.23. The summed E-state index contributed by atoms with van der Waals surface area (Å²) in [7, 11) is 0.428. The number of hydrogen-bond acceptors (Lipinski definition) is 8. The number of nitrogens with one attached hydrogen (secondary N) is 1. The zero-order valence-corrected chi connectivity index (χ0v) is 25.8. The van der Waals surface area contributed by atoms with E-state index in [1.165, 1.54) is 13.2 Å². The summed E-state index contributed by atoms with van der Waals surface area (Å²) in [5.74, 6) is -2.17. The Morgan fingerprint density at radius 2 is 1.81 bits per heavy atom. The highest BCUT2D eigenvalue weighted by molar-refractivity contribution is 6.48. The van der Waals surface area contributed by atoms with Gasteiger partial charge in [-0.05, 0) is 75.8 Å². The Hall–Kier alpha value is -2.80. The molecular weight excluding hydrogens is 570 g/mol. The van der Waals surface area contributed by atoms with Gasteiger partial charge in [-0.2, -0.15) is 13.2 Å². The molecule has 1 N–H and O–H groups in total. The van der Waals surface area contributed by atoms with Crippen LogP contribution in [0.15, 0.2) is 18.2 Å². The third kappa shape index (κ3) is 6.98. The number of carbonyl (C=O) groups excluding carboxylic acids is 3. The molecule has 238 valence electrons. The van der Waals surface area contributed by atoms with Gasteiger partial charge in [-0.1, -0.05) is 26.0 Å². The number of hydrogen-bond donors (Lipinski definition) is 1. The summed E-state index contributed by atoms with van der Waals surface area (Å²) in [4.78, 5) is 37.6. The van der Waals surface area contributed by atoms with Crippen LogP contribution in [0.4, 0.5) is 13.2 Å². The largest absolute Gasteiger partial charge is 0.496 e. The van der Waals surface area contributed by atoms with E-state index in [9.17, 15) is 27.6 Å². The lowest BCUT2D eigenvalue weighted by Crippen LogP contribution is -2.65. The number of ether oxygens (including phenoxy) is 3. The predicted molar refractivity (Wildman–Crippen MR) is 150 cm³/mol. The van der Waals surface area contributed by atoms with Crippen LogP contribution < -0.4 is 10.1 Å². The van der Waals surface area contributed by atoms with Crippen molar-refractivity contribution in [3.05, 3.63) is 29.3 Å². The van der Waals surface area contributed by atoms with E-state index < -0.39 is 67.7 Å². The monoisotopic (exact) mass is 611 g/mol. The van der Waals surface area contributed by atoms with Gasteiger partial charge in [0, 0.05) is 6.42 Å². The Morgan fingerprint density at radius 3 is 2.42 bits per heavy atom. The van der Waals surface area contributed by atoms with E-state index in [2.05, 4.69) is 19.2 Å². The fourth-order valence-electron chi connectivity index (χ4n) is 6.64. The second kappa shape index (κ2) is 11.9. The predicted octanol–water partition coefficient (Wildman–Crippen LogP) is 5.04. The number of esters is 2. The molecule has 5 rings (SSSR count). The minimum atomic E-state index is -4.48. The smallest absolute Gasteiger partial charge is 0.482 e. The molecule has 3 aliphatic carbocycles. The van der Waals surface area contributed by atoms with Gasteiger partial charge in [-0.15, -0.1) is 0 Å². The average Bonchev–Trinajstić information content (AvgIpc) is 3.27. The molecule has 3 saturated carbocycles. The second-order valence-electron chi connectivity index (χ2n) is 13.6. The summed E-state index contributed by atoms with van der Waals surface area (Å²) in [5.41, 5.74) is -0.808. The highest BCUT2D eigenvalue weighted by Crippen LogP contribution is 2.65. The number of benzene rings is 1. The fourth-order valence-corrected chi connectivity index (χ4v) is 6.64. The first-order valence-electron chi connectivity index (χ1n) is 14.6. The van der Waals surface area contributed by atoms with Gasteiger partial charge in [0.15, 0.2) is 0 Å². The number of methoxy groups -OCH3 is 1. The summed E-state index contributed by atoms with van der Waals surface area (Å²) in [6.07, 6.45) is -4.89. The maximum absolute atomic E-state index is 12.9. The van der Waals surface area contributed by atoms with E-state index in [-0.39, 0.29) is 35.2 Å². The molecule has 2 bridgehead atoms. The Labute approximate surface area is 250 Å². The molecule has 0 radical (unpaired) electrons. The van der Waals surface area contributed by atoms with Gasteiger partial charge >= 0.3 is 25.2 Å². The van der Waals surface area contributed by atoms with Crippen molar-refractivity contribution in [2.75, 3.05) is 13.9 Å². The van der Waals surface area contributed by atoms with E-state index in [4.69, 9.17) is 23.5 Å². The molecule has 13 heteroatoms. The molecule has 4 fully saturated rings. The first-order chi connectivity index (χ1) is 19.9. The summed E-state index contributed by atoms with van der Waals surface area (Å²) >= 11 is 0. The van der Waals surface area contributed by atoms with Crippen LogP contribution in [0.5, 0.6) is 5.75 Å². The second-order valence-corrected chi connectivity index (χ2v) is 13.6. The van der Waals surface area contributed by atoms with Gasteiger partial charge in [0.05, 0.1) is 36.6 Å². The number of alkyl halides is 3. The lowest BCUT2D eigenvalue weighted by atomic mass is 9.43. The van der Waals surface area contributed by atoms with Crippen molar-refractivity contribution in [2.24, 2.45) is 22.7 Å². The molecule has 1 aliphatic heterocycles. The molecule has 0 aromatic heterocycles. The first-order valence-corrected chi connectivity index (χ1v) is 14.6. The molecule has 0 spiro atoms. The zero-order chi connectivity index (χ0) is 32.0. The Morgan fingerprint density at radius 1 is 1.12 bits per heavy atom. The van der Waals surface area contributed by atoms with Crippen LogP contribution in [0.2, 0.25) is 0 Å². The molecule has 43 heavy (non-hydrogen) atoms. The Balaban J connectivity index is 1.54. The number of rotatable bonds is 10. The highest BCUT2D eigenvalue weighted by atomic mass is 19.4. The first kappa shape index (κ1) is 33.1. The molecule has 1 heterocycles. The van der Waals surface area contributed by atoms with Gasteiger partial charge in [0.2, 0.25) is 12.7 Å². The van der Waals surface area contributed by atoms with E-state index in [0.717, 1.165) is 12.8 Å². The maximum atomic E-state index is 12.9. The molecular formula is C30H41BF3NO8. The minimum Gasteiger partial charge on any atom is -0.496 e. The quantitative estimate of drug-likeness (QED) is 0.223. The van der Waals surface area contributed by atoms with Crippen LogP contribution in [-0.2, 0) is 34.8 Å².